The average molecular weight is 210 g/mol. The minimum absolute atomic E-state index is 0.120. The summed E-state index contributed by atoms with van der Waals surface area (Å²) in [4.78, 5) is 15.4. The number of rotatable bonds is 3. The summed E-state index contributed by atoms with van der Waals surface area (Å²) in [5.41, 5.74) is 1.25. The molecule has 0 spiro atoms. The van der Waals surface area contributed by atoms with E-state index in [1.807, 2.05) is 9.78 Å². The molecule has 0 saturated heterocycles. The topological polar surface area (TPSA) is 54.6 Å². The summed E-state index contributed by atoms with van der Waals surface area (Å²) >= 11 is 1.48. The molecule has 0 amide bonds. The van der Waals surface area contributed by atoms with E-state index < -0.39 is 5.97 Å². The number of hydrogen-bond acceptors (Lipinski definition) is 3. The highest BCUT2D eigenvalue weighted by atomic mass is 32.1. The first-order chi connectivity index (χ1) is 6.72. The quantitative estimate of drug-likeness (QED) is 0.843. The SMILES string of the molecule is CCCc1csc2nc(C(=O)O)cn12. The van der Waals surface area contributed by atoms with Gasteiger partial charge in [0, 0.05) is 17.3 Å². The van der Waals surface area contributed by atoms with Gasteiger partial charge in [-0.1, -0.05) is 13.3 Å². The predicted octanol–water partition coefficient (Wildman–Crippen LogP) is 2.05. The molecular formula is C9H10N2O2S. The maximum atomic E-state index is 10.7. The molecule has 0 aromatic carbocycles. The molecule has 0 fully saturated rings. The zero-order valence-corrected chi connectivity index (χ0v) is 8.54. The van der Waals surface area contributed by atoms with Crippen LogP contribution in [0.1, 0.15) is 29.5 Å². The molecule has 2 aromatic rings. The van der Waals surface area contributed by atoms with E-state index in [1.165, 1.54) is 11.3 Å². The zero-order valence-electron chi connectivity index (χ0n) is 7.73. The summed E-state index contributed by atoms with van der Waals surface area (Å²) in [5.74, 6) is -0.969. The van der Waals surface area contributed by atoms with E-state index in [1.54, 1.807) is 6.20 Å². The first-order valence-corrected chi connectivity index (χ1v) is 5.29. The molecule has 0 aliphatic carbocycles. The van der Waals surface area contributed by atoms with E-state index in [0.717, 1.165) is 23.5 Å². The van der Waals surface area contributed by atoms with E-state index >= 15 is 0 Å². The van der Waals surface area contributed by atoms with Crippen LogP contribution in [-0.4, -0.2) is 20.5 Å². The molecule has 0 bridgehead atoms. The standard InChI is InChI=1S/C9H10N2O2S/c1-2-3-6-5-14-9-10-7(8(12)13)4-11(6)9/h4-5H,2-3H2,1H3,(H,12,13). The van der Waals surface area contributed by atoms with Gasteiger partial charge in [-0.3, -0.25) is 4.40 Å². The van der Waals surface area contributed by atoms with Crippen LogP contribution in [0, 0.1) is 0 Å². The van der Waals surface area contributed by atoms with Crippen LogP contribution in [0.3, 0.4) is 0 Å². The molecule has 14 heavy (non-hydrogen) atoms. The van der Waals surface area contributed by atoms with E-state index in [0.29, 0.717) is 0 Å². The minimum Gasteiger partial charge on any atom is -0.476 e. The molecule has 74 valence electrons. The minimum atomic E-state index is -0.969. The van der Waals surface area contributed by atoms with Crippen molar-refractivity contribution in [1.82, 2.24) is 9.38 Å². The number of carboxylic acid groups (broad SMARTS) is 1. The molecule has 0 aliphatic heterocycles. The number of carbonyl (C=O) groups is 1. The molecule has 0 aliphatic rings. The Balaban J connectivity index is 2.50. The van der Waals surface area contributed by atoms with Crippen molar-refractivity contribution in [2.24, 2.45) is 0 Å². The number of fused-ring (bicyclic) bond motifs is 1. The van der Waals surface area contributed by atoms with Gasteiger partial charge < -0.3 is 5.11 Å². The van der Waals surface area contributed by atoms with Crippen LogP contribution >= 0.6 is 11.3 Å². The van der Waals surface area contributed by atoms with Gasteiger partial charge >= 0.3 is 5.97 Å². The first kappa shape index (κ1) is 9.21. The van der Waals surface area contributed by atoms with Crippen molar-refractivity contribution >= 4 is 22.3 Å². The van der Waals surface area contributed by atoms with Crippen LogP contribution in [-0.2, 0) is 6.42 Å². The number of hydrogen-bond donors (Lipinski definition) is 1. The molecular weight excluding hydrogens is 200 g/mol. The fourth-order valence-electron chi connectivity index (χ4n) is 1.37. The second kappa shape index (κ2) is 3.42. The summed E-state index contributed by atoms with van der Waals surface area (Å²) in [6.45, 7) is 2.10. The van der Waals surface area contributed by atoms with Gasteiger partial charge in [-0.25, -0.2) is 9.78 Å². The van der Waals surface area contributed by atoms with Gasteiger partial charge in [0.1, 0.15) is 0 Å². The van der Waals surface area contributed by atoms with Gasteiger partial charge in [-0.05, 0) is 6.42 Å². The van der Waals surface area contributed by atoms with Crippen molar-refractivity contribution < 1.29 is 9.90 Å². The lowest BCUT2D eigenvalue weighted by Crippen LogP contribution is -1.95. The van der Waals surface area contributed by atoms with Gasteiger partial charge in [0.05, 0.1) is 0 Å². The number of imidazole rings is 1. The van der Waals surface area contributed by atoms with Crippen LogP contribution in [0.25, 0.3) is 4.96 Å². The highest BCUT2D eigenvalue weighted by molar-refractivity contribution is 7.15. The average Bonchev–Trinajstić information content (AvgIpc) is 2.67. The molecule has 1 N–H and O–H groups in total. The molecule has 2 heterocycles. The van der Waals surface area contributed by atoms with E-state index in [9.17, 15) is 4.79 Å². The monoisotopic (exact) mass is 210 g/mol. The molecule has 5 heteroatoms. The van der Waals surface area contributed by atoms with E-state index in [2.05, 4.69) is 11.9 Å². The highest BCUT2D eigenvalue weighted by Gasteiger charge is 2.11. The lowest BCUT2D eigenvalue weighted by molar-refractivity contribution is 0.0691. The maximum absolute atomic E-state index is 10.7. The number of aromatic nitrogens is 2. The summed E-state index contributed by atoms with van der Waals surface area (Å²) in [6.07, 6.45) is 3.58. The van der Waals surface area contributed by atoms with Crippen LogP contribution in [0.4, 0.5) is 0 Å². The van der Waals surface area contributed by atoms with Crippen molar-refractivity contribution in [3.8, 4) is 0 Å². The lowest BCUT2D eigenvalue weighted by atomic mass is 10.3. The molecule has 4 nitrogen and oxygen atoms in total. The number of carboxylic acids is 1. The zero-order chi connectivity index (χ0) is 10.1. The van der Waals surface area contributed by atoms with Gasteiger partial charge in [0.15, 0.2) is 10.7 Å². The van der Waals surface area contributed by atoms with Gasteiger partial charge in [-0.2, -0.15) is 0 Å². The summed E-state index contributed by atoms with van der Waals surface area (Å²) in [7, 11) is 0. The Morgan fingerprint density at radius 1 is 1.71 bits per heavy atom. The number of thiazole rings is 1. The Hall–Kier alpha value is -1.36. The Morgan fingerprint density at radius 2 is 2.50 bits per heavy atom. The molecule has 2 aromatic heterocycles. The predicted molar refractivity (Wildman–Crippen MR) is 54.0 cm³/mol. The van der Waals surface area contributed by atoms with Crippen molar-refractivity contribution in [2.75, 3.05) is 0 Å². The van der Waals surface area contributed by atoms with Crippen LogP contribution in [0.5, 0.6) is 0 Å². The normalized spacial score (nSPS) is 10.9. The summed E-state index contributed by atoms with van der Waals surface area (Å²) in [5, 5.41) is 10.8. The maximum Gasteiger partial charge on any atom is 0.356 e. The number of nitrogens with zero attached hydrogens (tertiary/aromatic N) is 2. The largest absolute Gasteiger partial charge is 0.476 e. The van der Waals surface area contributed by atoms with Gasteiger partial charge in [0.2, 0.25) is 0 Å². The highest BCUT2D eigenvalue weighted by Crippen LogP contribution is 2.17. The number of aryl methyl sites for hydroxylation is 1. The molecule has 0 radical (unpaired) electrons. The second-order valence-corrected chi connectivity index (χ2v) is 3.90. The Bertz CT molecular complexity index is 472. The molecule has 2 rings (SSSR count). The third-order valence-corrected chi connectivity index (χ3v) is 2.90. The number of aromatic carboxylic acids is 1. The third kappa shape index (κ3) is 1.39. The molecule has 0 unspecified atom stereocenters. The Labute approximate surface area is 84.8 Å². The van der Waals surface area contributed by atoms with Crippen molar-refractivity contribution in [3.05, 3.63) is 23.0 Å². The smallest absolute Gasteiger partial charge is 0.356 e. The first-order valence-electron chi connectivity index (χ1n) is 4.41. The van der Waals surface area contributed by atoms with Crippen molar-refractivity contribution in [1.29, 1.82) is 0 Å². The summed E-state index contributed by atoms with van der Waals surface area (Å²) < 4.78 is 1.86. The lowest BCUT2D eigenvalue weighted by Gasteiger charge is -1.93. The summed E-state index contributed by atoms with van der Waals surface area (Å²) in [6, 6.07) is 0. The fraction of sp³-hybridized carbons (Fsp3) is 0.333. The molecule has 0 atom stereocenters. The van der Waals surface area contributed by atoms with Crippen LogP contribution < -0.4 is 0 Å². The van der Waals surface area contributed by atoms with Crippen LogP contribution in [0.2, 0.25) is 0 Å². The van der Waals surface area contributed by atoms with Crippen molar-refractivity contribution in [2.45, 2.75) is 19.8 Å². The Morgan fingerprint density at radius 3 is 3.14 bits per heavy atom. The van der Waals surface area contributed by atoms with E-state index in [-0.39, 0.29) is 5.69 Å². The Kier molecular flexibility index (Phi) is 2.25. The van der Waals surface area contributed by atoms with E-state index in [4.69, 9.17) is 5.11 Å². The fourth-order valence-corrected chi connectivity index (χ4v) is 2.28. The van der Waals surface area contributed by atoms with Gasteiger partial charge in [-0.15, -0.1) is 11.3 Å². The van der Waals surface area contributed by atoms with Crippen molar-refractivity contribution in [3.63, 3.8) is 0 Å². The second-order valence-electron chi connectivity index (χ2n) is 3.06. The molecule has 0 saturated carbocycles. The van der Waals surface area contributed by atoms with Gasteiger partial charge in [0.25, 0.3) is 0 Å². The van der Waals surface area contributed by atoms with Crippen LogP contribution in [0.15, 0.2) is 11.6 Å². The third-order valence-electron chi connectivity index (χ3n) is 2.01.